The maximum Gasteiger partial charge on any atom is 0.415 e. The molecule has 4 aromatic rings. The van der Waals surface area contributed by atoms with Gasteiger partial charge in [-0.2, -0.15) is 0 Å². The Morgan fingerprint density at radius 3 is 2.34 bits per heavy atom. The van der Waals surface area contributed by atoms with Gasteiger partial charge in [-0.15, -0.1) is 0 Å². The normalized spacial score (nSPS) is 23.1. The molecule has 2 amide bonds. The Morgan fingerprint density at radius 1 is 0.873 bits per heavy atom. The van der Waals surface area contributed by atoms with E-state index < -0.39 is 35.7 Å². The highest BCUT2D eigenvalue weighted by molar-refractivity contribution is 5.93. The van der Waals surface area contributed by atoms with Crippen molar-refractivity contribution in [2.45, 2.75) is 156 Å². The van der Waals surface area contributed by atoms with Gasteiger partial charge in [-0.1, -0.05) is 44.9 Å². The fourth-order valence-corrected chi connectivity index (χ4v) is 14.5. The van der Waals surface area contributed by atoms with Crippen LogP contribution in [0.4, 0.5) is 10.5 Å². The standard InChI is InChI=1S/C63H75N5O11/c1-7-12-57(74)77-37-52-42(36-69)32-55-59-51(35-68(55)60(52)75)46(8-2)49-33-45(20-23-54(49)64-59)78-61(76)67-29-27-66(28-30-67)56(73)13-10-9-11-26-65(6)43-17-14-40(15-18-43)50-34-62(5)53(24-25-63(62,38(3)70)79-39(4)71)48-21-16-41-31-44(72)19-22-47(41)58(48)50/h14-15,17-18,20,23,31-33,48,50,53,69H,7-13,16,19,21-22,24-30,34-37H2,1-6H3/t48-,50?,53-,62-,63-/m0/s1. The predicted octanol–water partition coefficient (Wildman–Crippen LogP) is 9.45. The lowest BCUT2D eigenvalue weighted by Crippen LogP contribution is -2.57. The van der Waals surface area contributed by atoms with Crippen LogP contribution in [-0.4, -0.2) is 105 Å². The van der Waals surface area contributed by atoms with Crippen LogP contribution in [0, 0.1) is 17.3 Å². The lowest BCUT2D eigenvalue weighted by Gasteiger charge is -2.55. The van der Waals surface area contributed by atoms with Crippen molar-refractivity contribution < 1.29 is 48.1 Å². The molecule has 2 saturated carbocycles. The number of aliphatic hydroxyl groups excluding tert-OH is 1. The molecule has 2 aromatic carbocycles. The number of hydrogen-bond acceptors (Lipinski definition) is 13. The molecule has 1 saturated heterocycles. The number of ether oxygens (including phenoxy) is 3. The molecule has 3 fully saturated rings. The number of allylic oxidation sites excluding steroid dienone is 4. The number of unbranched alkanes of at least 4 members (excludes halogenated alkanes) is 2. The molecule has 4 heterocycles. The average Bonchev–Trinajstić information content (AvgIpc) is 3.39. The van der Waals surface area contributed by atoms with E-state index in [0.717, 1.165) is 73.7 Å². The Labute approximate surface area is 462 Å². The lowest BCUT2D eigenvalue weighted by molar-refractivity contribution is -0.182. The number of aromatic nitrogens is 2. The number of amides is 2. The van der Waals surface area contributed by atoms with Crippen molar-refractivity contribution >= 4 is 52.1 Å². The number of Topliss-reactive ketones (excluding diaryl/α,β-unsaturated/α-hetero) is 1. The number of ketones is 2. The van der Waals surface area contributed by atoms with Crippen LogP contribution in [-0.2, 0) is 59.6 Å². The van der Waals surface area contributed by atoms with Gasteiger partial charge in [-0.05, 0) is 153 Å². The molecule has 1 unspecified atom stereocenters. The van der Waals surface area contributed by atoms with E-state index in [4.69, 9.17) is 19.2 Å². The molecule has 6 aliphatic rings. The van der Waals surface area contributed by atoms with Gasteiger partial charge in [0, 0.05) is 93.9 Å². The first-order valence-electron chi connectivity index (χ1n) is 28.7. The van der Waals surface area contributed by atoms with Crippen molar-refractivity contribution in [2.75, 3.05) is 44.7 Å². The van der Waals surface area contributed by atoms with E-state index in [1.165, 1.54) is 29.2 Å². The number of aryl methyl sites for hydroxylation is 1. The molecule has 16 nitrogen and oxygen atoms in total. The molecular formula is C63H75N5O11. The van der Waals surface area contributed by atoms with Crippen LogP contribution in [0.5, 0.6) is 5.75 Å². The third-order valence-corrected chi connectivity index (χ3v) is 18.5. The molecule has 10 rings (SSSR count). The number of anilines is 1. The minimum atomic E-state index is -1.16. The summed E-state index contributed by atoms with van der Waals surface area (Å²) in [6, 6.07) is 15.9. The summed E-state index contributed by atoms with van der Waals surface area (Å²) >= 11 is 0. The summed E-state index contributed by atoms with van der Waals surface area (Å²) in [6.07, 6.45) is 10.9. The van der Waals surface area contributed by atoms with Crippen LogP contribution >= 0.6 is 0 Å². The molecule has 0 bridgehead atoms. The molecule has 2 aromatic heterocycles. The smallest absolute Gasteiger partial charge is 0.415 e. The van der Waals surface area contributed by atoms with E-state index in [2.05, 4.69) is 43.1 Å². The highest BCUT2D eigenvalue weighted by Gasteiger charge is 2.67. The summed E-state index contributed by atoms with van der Waals surface area (Å²) in [5, 5.41) is 11.0. The summed E-state index contributed by atoms with van der Waals surface area (Å²) in [7, 11) is 2.09. The first-order valence-corrected chi connectivity index (χ1v) is 28.7. The van der Waals surface area contributed by atoms with Gasteiger partial charge in [0.25, 0.3) is 5.56 Å². The van der Waals surface area contributed by atoms with Crippen molar-refractivity contribution in [1.82, 2.24) is 19.4 Å². The number of aliphatic hydroxyl groups is 1. The van der Waals surface area contributed by atoms with E-state index in [1.54, 1.807) is 34.6 Å². The molecule has 418 valence electrons. The Kier molecular flexibility index (Phi) is 15.9. The average molecular weight is 1080 g/mol. The molecule has 0 spiro atoms. The van der Waals surface area contributed by atoms with Crippen molar-refractivity contribution in [3.8, 4) is 17.1 Å². The van der Waals surface area contributed by atoms with Crippen molar-refractivity contribution in [3.63, 3.8) is 0 Å². The van der Waals surface area contributed by atoms with Crippen LogP contribution in [0.25, 0.3) is 22.3 Å². The highest BCUT2D eigenvalue weighted by atomic mass is 16.6. The van der Waals surface area contributed by atoms with Crippen LogP contribution in [0.15, 0.2) is 76.1 Å². The number of fused-ring (bicyclic) bond motifs is 8. The summed E-state index contributed by atoms with van der Waals surface area (Å²) < 4.78 is 19.0. The van der Waals surface area contributed by atoms with Gasteiger partial charge in [0.2, 0.25) is 5.91 Å². The largest absolute Gasteiger partial charge is 0.461 e. The summed E-state index contributed by atoms with van der Waals surface area (Å²) in [5.74, 6) is 0.218. The van der Waals surface area contributed by atoms with Gasteiger partial charge in [0.15, 0.2) is 17.2 Å². The number of hydrogen-bond donors (Lipinski definition) is 1. The predicted molar refractivity (Wildman–Crippen MR) is 298 cm³/mol. The number of esters is 2. The maximum absolute atomic E-state index is 13.8. The molecule has 0 radical (unpaired) electrons. The molecule has 16 heteroatoms. The zero-order valence-corrected chi connectivity index (χ0v) is 46.8. The zero-order valence-electron chi connectivity index (χ0n) is 46.8. The number of piperazine rings is 1. The highest BCUT2D eigenvalue weighted by Crippen LogP contribution is 2.68. The van der Waals surface area contributed by atoms with E-state index in [1.807, 2.05) is 30.9 Å². The van der Waals surface area contributed by atoms with Crippen LogP contribution in [0.3, 0.4) is 0 Å². The zero-order chi connectivity index (χ0) is 55.9. The topological polar surface area (TPSA) is 195 Å². The van der Waals surface area contributed by atoms with Crippen LogP contribution in [0.1, 0.15) is 152 Å². The first kappa shape index (κ1) is 55.4. The van der Waals surface area contributed by atoms with E-state index in [9.17, 15) is 38.7 Å². The van der Waals surface area contributed by atoms with Gasteiger partial charge in [-0.3, -0.25) is 28.8 Å². The van der Waals surface area contributed by atoms with Crippen LogP contribution in [0.2, 0.25) is 0 Å². The number of nitrogens with zero attached hydrogens (tertiary/aromatic N) is 5. The Balaban J connectivity index is 0.710. The third-order valence-electron chi connectivity index (χ3n) is 18.5. The second-order valence-electron chi connectivity index (χ2n) is 23.0. The van der Waals surface area contributed by atoms with Crippen molar-refractivity contribution in [3.05, 3.63) is 109 Å². The monoisotopic (exact) mass is 1080 g/mol. The number of rotatable bonds is 17. The molecule has 5 atom stereocenters. The lowest BCUT2D eigenvalue weighted by atomic mass is 9.50. The van der Waals surface area contributed by atoms with Gasteiger partial charge in [-0.25, -0.2) is 9.78 Å². The Morgan fingerprint density at radius 2 is 1.63 bits per heavy atom. The fraction of sp³-hybridized carbons (Fsp3) is 0.524. The minimum Gasteiger partial charge on any atom is -0.461 e. The second kappa shape index (κ2) is 22.7. The molecule has 4 aliphatic carbocycles. The number of carbonyl (C=O) groups excluding carboxylic acids is 6. The maximum atomic E-state index is 13.8. The SMILES string of the molecule is CCCC(=O)OCc1c(CO)cc2n(c1=O)Cc1c-2nc2ccc(OC(=O)N3CCN(C(=O)CCCCCN(C)c4ccc(C5C[C@@]6(C)[C@@H](CC[C@]6(OC(C)=O)C(C)=O)[C@@H]6CCC7=CC(=O)CCC7=C56)cc4)CC3)cc2c1CC. The Bertz CT molecular complexity index is 3240. The third kappa shape index (κ3) is 10.3. The van der Waals surface area contributed by atoms with E-state index in [-0.39, 0.29) is 65.9 Å². The molecule has 2 aliphatic heterocycles. The quantitative estimate of drug-likeness (QED) is 0.0684. The minimum absolute atomic E-state index is 0.0259. The summed E-state index contributed by atoms with van der Waals surface area (Å²) in [4.78, 5) is 102. The molecular weight excluding hydrogens is 1000 g/mol. The number of benzene rings is 2. The first-order chi connectivity index (χ1) is 38.0. The summed E-state index contributed by atoms with van der Waals surface area (Å²) in [5.41, 5.74) is 8.57. The molecule has 79 heavy (non-hydrogen) atoms. The van der Waals surface area contributed by atoms with Gasteiger partial charge in [0.1, 0.15) is 12.4 Å². The van der Waals surface area contributed by atoms with E-state index >= 15 is 0 Å². The Hall–Kier alpha value is -6.94. The van der Waals surface area contributed by atoms with Crippen molar-refractivity contribution in [1.29, 1.82) is 0 Å². The summed E-state index contributed by atoms with van der Waals surface area (Å²) in [6.45, 7) is 11.1. The van der Waals surface area contributed by atoms with E-state index in [0.29, 0.717) is 92.9 Å². The molecule has 1 N–H and O–H groups in total. The van der Waals surface area contributed by atoms with Gasteiger partial charge in [0.05, 0.1) is 35.6 Å². The fourth-order valence-electron chi connectivity index (χ4n) is 14.5. The van der Waals surface area contributed by atoms with Gasteiger partial charge < -0.3 is 38.6 Å². The second-order valence-corrected chi connectivity index (χ2v) is 23.0. The number of pyridine rings is 2. The van der Waals surface area contributed by atoms with Crippen LogP contribution < -0.4 is 15.2 Å². The van der Waals surface area contributed by atoms with Crippen molar-refractivity contribution in [2.24, 2.45) is 17.3 Å². The number of carbonyl (C=O) groups is 6. The van der Waals surface area contributed by atoms with Gasteiger partial charge >= 0.3 is 18.0 Å².